The van der Waals surface area contributed by atoms with Crippen LogP contribution < -0.4 is 10.5 Å². The molecule has 1 aromatic heterocycles. The first-order chi connectivity index (χ1) is 8.88. The van der Waals surface area contributed by atoms with E-state index in [9.17, 15) is 13.2 Å². The van der Waals surface area contributed by atoms with Gasteiger partial charge in [-0.2, -0.15) is 13.2 Å². The van der Waals surface area contributed by atoms with Crippen LogP contribution in [0.4, 0.5) is 18.9 Å². The van der Waals surface area contributed by atoms with E-state index in [-0.39, 0.29) is 11.4 Å². The minimum atomic E-state index is -4.53. The van der Waals surface area contributed by atoms with Gasteiger partial charge in [0.15, 0.2) is 5.75 Å². The van der Waals surface area contributed by atoms with Gasteiger partial charge < -0.3 is 10.5 Å². The van der Waals surface area contributed by atoms with Crippen molar-refractivity contribution in [1.82, 2.24) is 4.98 Å². The van der Waals surface area contributed by atoms with Crippen LogP contribution in [0.5, 0.6) is 11.6 Å². The van der Waals surface area contributed by atoms with Gasteiger partial charge in [0.25, 0.3) is 0 Å². The Kier molecular flexibility index (Phi) is 3.33. The lowest BCUT2D eigenvalue weighted by Gasteiger charge is -2.13. The molecule has 0 bridgehead atoms. The maximum atomic E-state index is 12.8. The summed E-state index contributed by atoms with van der Waals surface area (Å²) in [6.07, 6.45) is -3.29. The fourth-order valence-corrected chi connectivity index (χ4v) is 1.52. The molecule has 0 atom stereocenters. The minimum Gasteiger partial charge on any atom is -0.436 e. The highest BCUT2D eigenvalue weighted by molar-refractivity contribution is 5.55. The summed E-state index contributed by atoms with van der Waals surface area (Å²) in [6.45, 7) is 1.79. The molecule has 1 aromatic carbocycles. The molecule has 6 heteroatoms. The number of benzene rings is 1. The summed E-state index contributed by atoms with van der Waals surface area (Å²) in [6, 6.07) is 6.99. The molecule has 100 valence electrons. The number of halogens is 3. The lowest BCUT2D eigenvalue weighted by molar-refractivity contribution is -0.138. The summed E-state index contributed by atoms with van der Waals surface area (Å²) < 4.78 is 43.5. The second-order valence-corrected chi connectivity index (χ2v) is 4.00. The highest BCUT2D eigenvalue weighted by atomic mass is 19.4. The Labute approximate surface area is 107 Å². The molecule has 0 fully saturated rings. The van der Waals surface area contributed by atoms with E-state index in [1.165, 1.54) is 12.3 Å². The van der Waals surface area contributed by atoms with Gasteiger partial charge in [-0.3, -0.25) is 0 Å². The fourth-order valence-electron chi connectivity index (χ4n) is 1.52. The van der Waals surface area contributed by atoms with E-state index in [1.807, 2.05) is 0 Å². The van der Waals surface area contributed by atoms with E-state index in [2.05, 4.69) is 4.98 Å². The number of alkyl halides is 3. The standard InChI is InChI=1S/C13H11F3N2O/c1-8-4-5-10(17)11(7-8)19-12-9(13(14,15)16)3-2-6-18-12/h2-7H,17H2,1H3. The van der Waals surface area contributed by atoms with E-state index in [0.717, 1.165) is 11.6 Å². The van der Waals surface area contributed by atoms with Gasteiger partial charge in [-0.15, -0.1) is 0 Å². The second kappa shape index (κ2) is 4.79. The number of aryl methyl sites for hydroxylation is 1. The largest absolute Gasteiger partial charge is 0.436 e. The molecular formula is C13H11F3N2O. The number of aromatic nitrogens is 1. The predicted octanol–water partition coefficient (Wildman–Crippen LogP) is 3.78. The van der Waals surface area contributed by atoms with Crippen LogP contribution in [0.25, 0.3) is 0 Å². The van der Waals surface area contributed by atoms with Gasteiger partial charge in [0, 0.05) is 6.20 Å². The molecule has 0 saturated heterocycles. The number of nitrogen functional groups attached to an aromatic ring is 1. The SMILES string of the molecule is Cc1ccc(N)c(Oc2ncccc2C(F)(F)F)c1. The molecule has 0 aliphatic carbocycles. The van der Waals surface area contributed by atoms with E-state index in [4.69, 9.17) is 10.5 Å². The Morgan fingerprint density at radius 3 is 2.63 bits per heavy atom. The normalized spacial score (nSPS) is 11.4. The molecule has 2 N–H and O–H groups in total. The average Bonchev–Trinajstić information content (AvgIpc) is 2.33. The zero-order chi connectivity index (χ0) is 14.0. The van der Waals surface area contributed by atoms with Crippen LogP contribution in [0.15, 0.2) is 36.5 Å². The van der Waals surface area contributed by atoms with Crippen LogP contribution in [-0.4, -0.2) is 4.98 Å². The van der Waals surface area contributed by atoms with Gasteiger partial charge in [0.05, 0.1) is 5.69 Å². The highest BCUT2D eigenvalue weighted by Gasteiger charge is 2.35. The third-order valence-corrected chi connectivity index (χ3v) is 2.45. The van der Waals surface area contributed by atoms with Crippen molar-refractivity contribution in [2.75, 3.05) is 5.73 Å². The fraction of sp³-hybridized carbons (Fsp3) is 0.154. The first kappa shape index (κ1) is 13.2. The molecule has 0 amide bonds. The van der Waals surface area contributed by atoms with E-state index >= 15 is 0 Å². The van der Waals surface area contributed by atoms with Crippen LogP contribution in [0.1, 0.15) is 11.1 Å². The van der Waals surface area contributed by atoms with Crippen LogP contribution >= 0.6 is 0 Å². The number of hydrogen-bond acceptors (Lipinski definition) is 3. The van der Waals surface area contributed by atoms with Crippen molar-refractivity contribution in [3.8, 4) is 11.6 Å². The monoisotopic (exact) mass is 268 g/mol. The Hall–Kier alpha value is -2.24. The van der Waals surface area contributed by atoms with Gasteiger partial charge in [0.1, 0.15) is 5.56 Å². The van der Waals surface area contributed by atoms with E-state index < -0.39 is 17.6 Å². The first-order valence-corrected chi connectivity index (χ1v) is 5.44. The first-order valence-electron chi connectivity index (χ1n) is 5.44. The summed E-state index contributed by atoms with van der Waals surface area (Å²) in [5, 5.41) is 0. The average molecular weight is 268 g/mol. The van der Waals surface area contributed by atoms with Gasteiger partial charge in [0.2, 0.25) is 5.88 Å². The van der Waals surface area contributed by atoms with Gasteiger partial charge in [-0.25, -0.2) is 4.98 Å². The molecular weight excluding hydrogens is 257 g/mol. The number of pyridine rings is 1. The number of nitrogens with zero attached hydrogens (tertiary/aromatic N) is 1. The van der Waals surface area contributed by atoms with Crippen molar-refractivity contribution in [1.29, 1.82) is 0 Å². The number of anilines is 1. The summed E-state index contributed by atoms with van der Waals surface area (Å²) >= 11 is 0. The molecule has 0 aliphatic heterocycles. The predicted molar refractivity (Wildman–Crippen MR) is 64.9 cm³/mol. The minimum absolute atomic E-state index is 0.157. The van der Waals surface area contributed by atoms with Crippen molar-refractivity contribution in [3.63, 3.8) is 0 Å². The highest BCUT2D eigenvalue weighted by Crippen LogP contribution is 2.37. The maximum Gasteiger partial charge on any atom is 0.421 e. The zero-order valence-electron chi connectivity index (χ0n) is 10.0. The number of rotatable bonds is 2. The third kappa shape index (κ3) is 2.96. The Morgan fingerprint density at radius 1 is 1.21 bits per heavy atom. The number of ether oxygens (including phenoxy) is 1. The second-order valence-electron chi connectivity index (χ2n) is 4.00. The molecule has 0 radical (unpaired) electrons. The number of hydrogen-bond donors (Lipinski definition) is 1. The van der Waals surface area contributed by atoms with Gasteiger partial charge in [-0.1, -0.05) is 6.07 Å². The molecule has 0 spiro atoms. The van der Waals surface area contributed by atoms with Crippen molar-refractivity contribution < 1.29 is 17.9 Å². The summed E-state index contributed by atoms with van der Waals surface area (Å²) in [5.41, 5.74) is 5.81. The smallest absolute Gasteiger partial charge is 0.421 e. The number of nitrogens with two attached hydrogens (primary N) is 1. The zero-order valence-corrected chi connectivity index (χ0v) is 10.0. The Bertz CT molecular complexity index is 597. The van der Waals surface area contributed by atoms with E-state index in [1.54, 1.807) is 25.1 Å². The molecule has 0 aliphatic rings. The van der Waals surface area contributed by atoms with E-state index in [0.29, 0.717) is 0 Å². The molecule has 0 unspecified atom stereocenters. The molecule has 2 rings (SSSR count). The molecule has 3 nitrogen and oxygen atoms in total. The van der Waals surface area contributed by atoms with Crippen molar-refractivity contribution in [2.45, 2.75) is 13.1 Å². The lowest BCUT2D eigenvalue weighted by atomic mass is 10.2. The van der Waals surface area contributed by atoms with Gasteiger partial charge in [-0.05, 0) is 36.8 Å². The molecule has 2 aromatic rings. The molecule has 0 saturated carbocycles. The van der Waals surface area contributed by atoms with Crippen LogP contribution in [0.2, 0.25) is 0 Å². The maximum absolute atomic E-state index is 12.8. The summed E-state index contributed by atoms with van der Waals surface area (Å²) in [7, 11) is 0. The lowest BCUT2D eigenvalue weighted by Crippen LogP contribution is -2.08. The Morgan fingerprint density at radius 2 is 1.95 bits per heavy atom. The topological polar surface area (TPSA) is 48.1 Å². The van der Waals surface area contributed by atoms with Crippen LogP contribution in [0.3, 0.4) is 0 Å². The van der Waals surface area contributed by atoms with Gasteiger partial charge >= 0.3 is 6.18 Å². The Balaban J connectivity index is 2.41. The van der Waals surface area contributed by atoms with Crippen LogP contribution in [-0.2, 0) is 6.18 Å². The molecule has 19 heavy (non-hydrogen) atoms. The van der Waals surface area contributed by atoms with Crippen LogP contribution in [0, 0.1) is 6.92 Å². The summed E-state index contributed by atoms with van der Waals surface area (Å²) in [5.74, 6) is -0.350. The van der Waals surface area contributed by atoms with Crippen molar-refractivity contribution in [2.24, 2.45) is 0 Å². The van der Waals surface area contributed by atoms with Crippen molar-refractivity contribution >= 4 is 5.69 Å². The summed E-state index contributed by atoms with van der Waals surface area (Å²) in [4.78, 5) is 3.61. The quantitative estimate of drug-likeness (QED) is 0.843. The van der Waals surface area contributed by atoms with Crippen molar-refractivity contribution in [3.05, 3.63) is 47.7 Å². The molecule has 1 heterocycles. The third-order valence-electron chi connectivity index (χ3n) is 2.45.